The highest BCUT2D eigenvalue weighted by Gasteiger charge is 2.27. The summed E-state index contributed by atoms with van der Waals surface area (Å²) in [6, 6.07) is 9.38. The van der Waals surface area contributed by atoms with Crippen molar-refractivity contribution in [2.24, 2.45) is 11.7 Å². The van der Waals surface area contributed by atoms with Crippen molar-refractivity contribution >= 4 is 5.69 Å². The summed E-state index contributed by atoms with van der Waals surface area (Å²) in [4.78, 5) is 2.48. The SMILES string of the molecule is CCC1CCCCC1N(C)c1cccc(CN)c1. The van der Waals surface area contributed by atoms with E-state index in [0.29, 0.717) is 12.6 Å². The molecule has 0 bridgehead atoms. The van der Waals surface area contributed by atoms with Crippen LogP contribution in [0.3, 0.4) is 0 Å². The zero-order valence-electron chi connectivity index (χ0n) is 11.7. The lowest BCUT2D eigenvalue weighted by Crippen LogP contribution is -2.40. The topological polar surface area (TPSA) is 29.3 Å². The van der Waals surface area contributed by atoms with Crippen LogP contribution in [-0.2, 0) is 6.54 Å². The first kappa shape index (κ1) is 13.4. The number of anilines is 1. The van der Waals surface area contributed by atoms with Crippen LogP contribution in [0, 0.1) is 5.92 Å². The van der Waals surface area contributed by atoms with Crippen molar-refractivity contribution < 1.29 is 0 Å². The molecule has 1 aliphatic carbocycles. The molecule has 1 aromatic carbocycles. The molecule has 1 fully saturated rings. The first-order valence-electron chi connectivity index (χ1n) is 7.28. The van der Waals surface area contributed by atoms with Gasteiger partial charge >= 0.3 is 0 Å². The van der Waals surface area contributed by atoms with Crippen LogP contribution in [0.1, 0.15) is 44.6 Å². The van der Waals surface area contributed by atoms with E-state index in [0.717, 1.165) is 5.92 Å². The Morgan fingerprint density at radius 1 is 1.28 bits per heavy atom. The van der Waals surface area contributed by atoms with E-state index in [1.807, 2.05) is 0 Å². The van der Waals surface area contributed by atoms with Gasteiger partial charge in [-0.3, -0.25) is 0 Å². The van der Waals surface area contributed by atoms with E-state index >= 15 is 0 Å². The molecule has 1 aromatic rings. The van der Waals surface area contributed by atoms with Crippen molar-refractivity contribution in [3.05, 3.63) is 29.8 Å². The summed E-state index contributed by atoms with van der Waals surface area (Å²) in [5.41, 5.74) is 8.28. The first-order valence-corrected chi connectivity index (χ1v) is 7.28. The Morgan fingerprint density at radius 2 is 2.06 bits per heavy atom. The Labute approximate surface area is 111 Å². The maximum atomic E-state index is 5.73. The minimum atomic E-state index is 0.629. The summed E-state index contributed by atoms with van der Waals surface area (Å²) in [5, 5.41) is 0. The van der Waals surface area contributed by atoms with E-state index in [2.05, 4.69) is 43.1 Å². The normalized spacial score (nSPS) is 23.9. The molecular formula is C16H26N2. The predicted octanol–water partition coefficient (Wildman–Crippen LogP) is 3.55. The first-order chi connectivity index (χ1) is 8.76. The van der Waals surface area contributed by atoms with Crippen LogP contribution in [0.4, 0.5) is 5.69 Å². The van der Waals surface area contributed by atoms with Crippen LogP contribution < -0.4 is 10.6 Å². The zero-order valence-corrected chi connectivity index (χ0v) is 11.7. The molecule has 0 amide bonds. The molecule has 0 aliphatic heterocycles. The van der Waals surface area contributed by atoms with E-state index in [9.17, 15) is 0 Å². The second-order valence-corrected chi connectivity index (χ2v) is 5.51. The summed E-state index contributed by atoms with van der Waals surface area (Å²) in [6.45, 7) is 2.96. The van der Waals surface area contributed by atoms with E-state index in [-0.39, 0.29) is 0 Å². The average Bonchev–Trinajstić information content (AvgIpc) is 2.46. The van der Waals surface area contributed by atoms with Crippen LogP contribution in [0.15, 0.2) is 24.3 Å². The second kappa shape index (κ2) is 6.24. The molecule has 2 atom stereocenters. The van der Waals surface area contributed by atoms with Gasteiger partial charge in [-0.05, 0) is 36.5 Å². The number of hydrogen-bond acceptors (Lipinski definition) is 2. The number of nitrogens with two attached hydrogens (primary N) is 1. The van der Waals surface area contributed by atoms with Crippen molar-refractivity contribution in [3.8, 4) is 0 Å². The molecular weight excluding hydrogens is 220 g/mol. The van der Waals surface area contributed by atoms with Gasteiger partial charge in [0.25, 0.3) is 0 Å². The minimum absolute atomic E-state index is 0.629. The molecule has 0 spiro atoms. The number of hydrogen-bond donors (Lipinski definition) is 1. The molecule has 18 heavy (non-hydrogen) atoms. The van der Waals surface area contributed by atoms with Gasteiger partial charge in [-0.1, -0.05) is 38.3 Å². The Balaban J connectivity index is 2.15. The van der Waals surface area contributed by atoms with Gasteiger partial charge in [0.15, 0.2) is 0 Å². The maximum Gasteiger partial charge on any atom is 0.0369 e. The number of rotatable bonds is 4. The third-order valence-electron chi connectivity index (χ3n) is 4.44. The fourth-order valence-corrected chi connectivity index (χ4v) is 3.27. The van der Waals surface area contributed by atoms with E-state index in [1.54, 1.807) is 0 Å². The summed E-state index contributed by atoms with van der Waals surface area (Å²) in [7, 11) is 2.24. The van der Waals surface area contributed by atoms with Gasteiger partial charge in [0.05, 0.1) is 0 Å². The van der Waals surface area contributed by atoms with Crippen molar-refractivity contribution in [2.45, 2.75) is 51.6 Å². The smallest absolute Gasteiger partial charge is 0.0369 e. The highest BCUT2D eigenvalue weighted by Crippen LogP contribution is 2.32. The lowest BCUT2D eigenvalue weighted by molar-refractivity contribution is 0.292. The quantitative estimate of drug-likeness (QED) is 0.880. The van der Waals surface area contributed by atoms with Gasteiger partial charge in [-0.2, -0.15) is 0 Å². The lowest BCUT2D eigenvalue weighted by atomic mass is 9.82. The van der Waals surface area contributed by atoms with Crippen molar-refractivity contribution in [3.63, 3.8) is 0 Å². The molecule has 2 nitrogen and oxygen atoms in total. The summed E-state index contributed by atoms with van der Waals surface area (Å²) >= 11 is 0. The minimum Gasteiger partial charge on any atom is -0.371 e. The third-order valence-corrected chi connectivity index (χ3v) is 4.44. The number of nitrogens with zero attached hydrogens (tertiary/aromatic N) is 1. The highest BCUT2D eigenvalue weighted by molar-refractivity contribution is 5.49. The van der Waals surface area contributed by atoms with E-state index in [4.69, 9.17) is 5.73 Å². The Hall–Kier alpha value is -1.02. The second-order valence-electron chi connectivity index (χ2n) is 5.51. The average molecular weight is 246 g/mol. The highest BCUT2D eigenvalue weighted by atomic mass is 15.1. The predicted molar refractivity (Wildman–Crippen MR) is 78.8 cm³/mol. The van der Waals surface area contributed by atoms with Crippen LogP contribution in [0.2, 0.25) is 0 Å². The van der Waals surface area contributed by atoms with Gasteiger partial charge in [-0.25, -0.2) is 0 Å². The van der Waals surface area contributed by atoms with Crippen molar-refractivity contribution in [2.75, 3.05) is 11.9 Å². The largest absolute Gasteiger partial charge is 0.371 e. The monoisotopic (exact) mass is 246 g/mol. The Bertz CT molecular complexity index is 375. The van der Waals surface area contributed by atoms with E-state index < -0.39 is 0 Å². The van der Waals surface area contributed by atoms with Gasteiger partial charge in [0.2, 0.25) is 0 Å². The van der Waals surface area contributed by atoms with Crippen LogP contribution in [-0.4, -0.2) is 13.1 Å². The third kappa shape index (κ3) is 2.86. The molecule has 100 valence electrons. The summed E-state index contributed by atoms with van der Waals surface area (Å²) < 4.78 is 0. The molecule has 1 saturated carbocycles. The van der Waals surface area contributed by atoms with E-state index in [1.165, 1.54) is 43.4 Å². The molecule has 0 aromatic heterocycles. The summed E-state index contributed by atoms with van der Waals surface area (Å²) in [6.07, 6.45) is 6.81. The van der Waals surface area contributed by atoms with Crippen LogP contribution in [0.25, 0.3) is 0 Å². The standard InChI is InChI=1S/C16H26N2/c1-3-14-8-4-5-10-16(14)18(2)15-9-6-7-13(11-15)12-17/h6-7,9,11,14,16H,3-5,8,10,12,17H2,1-2H3. The zero-order chi connectivity index (χ0) is 13.0. The molecule has 0 heterocycles. The molecule has 0 saturated heterocycles. The van der Waals surface area contributed by atoms with Crippen molar-refractivity contribution in [1.82, 2.24) is 0 Å². The fourth-order valence-electron chi connectivity index (χ4n) is 3.27. The van der Waals surface area contributed by atoms with Gasteiger partial charge in [0.1, 0.15) is 0 Å². The molecule has 2 unspecified atom stereocenters. The van der Waals surface area contributed by atoms with Crippen LogP contribution >= 0.6 is 0 Å². The fraction of sp³-hybridized carbons (Fsp3) is 0.625. The van der Waals surface area contributed by atoms with Crippen molar-refractivity contribution in [1.29, 1.82) is 0 Å². The Kier molecular flexibility index (Phi) is 4.65. The summed E-state index contributed by atoms with van der Waals surface area (Å²) in [5.74, 6) is 0.852. The van der Waals surface area contributed by atoms with Gasteiger partial charge < -0.3 is 10.6 Å². The van der Waals surface area contributed by atoms with Gasteiger partial charge in [0, 0.05) is 25.3 Å². The number of benzene rings is 1. The maximum absolute atomic E-state index is 5.73. The molecule has 2 heteroatoms. The van der Waals surface area contributed by atoms with Gasteiger partial charge in [-0.15, -0.1) is 0 Å². The Morgan fingerprint density at radius 3 is 2.78 bits per heavy atom. The molecule has 1 aliphatic rings. The molecule has 2 N–H and O–H groups in total. The molecule has 2 rings (SSSR count). The lowest BCUT2D eigenvalue weighted by Gasteiger charge is -2.39. The van der Waals surface area contributed by atoms with Crippen LogP contribution in [0.5, 0.6) is 0 Å². The molecule has 0 radical (unpaired) electrons.